The number of hydrogen-bond acceptors (Lipinski definition) is 3. The fourth-order valence-corrected chi connectivity index (χ4v) is 2.58. The summed E-state index contributed by atoms with van der Waals surface area (Å²) in [5.41, 5.74) is 2.47. The van der Waals surface area contributed by atoms with Gasteiger partial charge in [-0.1, -0.05) is 29.8 Å². The summed E-state index contributed by atoms with van der Waals surface area (Å²) in [6, 6.07) is 12.7. The zero-order valence-electron chi connectivity index (χ0n) is 12.8. The molecule has 0 saturated heterocycles. The quantitative estimate of drug-likeness (QED) is 0.804. The maximum absolute atomic E-state index is 12.2. The van der Waals surface area contributed by atoms with Crippen molar-refractivity contribution in [3.63, 3.8) is 0 Å². The van der Waals surface area contributed by atoms with Crippen LogP contribution in [0.25, 0.3) is 16.9 Å². The molecule has 0 aliphatic rings. The molecule has 2 heterocycles. The number of imidazole rings is 1. The number of carbonyl (C=O) groups excluding carboxylic acids is 1. The lowest BCUT2D eigenvalue weighted by Gasteiger charge is -2.17. The van der Waals surface area contributed by atoms with Crippen LogP contribution in [0, 0.1) is 0 Å². The average molecular weight is 330 g/mol. The van der Waals surface area contributed by atoms with E-state index in [4.69, 9.17) is 11.6 Å². The Kier molecular flexibility index (Phi) is 4.07. The minimum absolute atomic E-state index is 0.397. The maximum Gasteiger partial charge on any atom is 0.257 e. The molecule has 3 rings (SSSR count). The van der Waals surface area contributed by atoms with Crippen LogP contribution in [0.1, 0.15) is 11.8 Å². The van der Waals surface area contributed by atoms with Crippen LogP contribution in [0.15, 0.2) is 48.7 Å². The molecule has 1 unspecified atom stereocenters. The van der Waals surface area contributed by atoms with Crippen molar-refractivity contribution in [2.45, 2.75) is 6.10 Å². The first-order valence-corrected chi connectivity index (χ1v) is 7.49. The third-order valence-electron chi connectivity index (χ3n) is 3.62. The molecule has 3 aromatic rings. The molecule has 1 aromatic carbocycles. The van der Waals surface area contributed by atoms with Gasteiger partial charge in [-0.3, -0.25) is 4.79 Å². The summed E-state index contributed by atoms with van der Waals surface area (Å²) in [5.74, 6) is -0.397. The Morgan fingerprint density at radius 2 is 1.91 bits per heavy atom. The number of aromatic nitrogens is 2. The zero-order valence-corrected chi connectivity index (χ0v) is 13.5. The summed E-state index contributed by atoms with van der Waals surface area (Å²) in [7, 11) is 3.22. The Labute approximate surface area is 138 Å². The lowest BCUT2D eigenvalue weighted by molar-refractivity contribution is -0.138. The summed E-state index contributed by atoms with van der Waals surface area (Å²) < 4.78 is 1.73. The molecule has 5 nitrogen and oxygen atoms in total. The number of likely N-dealkylation sites (N-methyl/N-ethyl adjacent to an activating group) is 1. The number of pyridine rings is 1. The van der Waals surface area contributed by atoms with Gasteiger partial charge in [0.05, 0.1) is 11.4 Å². The van der Waals surface area contributed by atoms with Gasteiger partial charge < -0.3 is 14.4 Å². The molecule has 0 saturated carbocycles. The van der Waals surface area contributed by atoms with Crippen molar-refractivity contribution in [1.29, 1.82) is 0 Å². The van der Waals surface area contributed by atoms with E-state index < -0.39 is 12.0 Å². The molecule has 6 heteroatoms. The van der Waals surface area contributed by atoms with Crippen LogP contribution in [0.2, 0.25) is 5.02 Å². The molecule has 0 aliphatic heterocycles. The molecule has 0 aliphatic carbocycles. The second kappa shape index (κ2) is 6.02. The number of hydrogen-bond donors (Lipinski definition) is 1. The highest BCUT2D eigenvalue weighted by Crippen LogP contribution is 2.30. The predicted octanol–water partition coefficient (Wildman–Crippen LogP) is 2.78. The lowest BCUT2D eigenvalue weighted by atomic mass is 10.1. The predicted molar refractivity (Wildman–Crippen MR) is 89.3 cm³/mol. The number of rotatable bonds is 3. The topological polar surface area (TPSA) is 57.8 Å². The third-order valence-corrected chi connectivity index (χ3v) is 3.87. The summed E-state index contributed by atoms with van der Waals surface area (Å²) in [6.45, 7) is 0. The van der Waals surface area contributed by atoms with Gasteiger partial charge in [-0.05, 0) is 24.3 Å². The third kappa shape index (κ3) is 2.81. The molecule has 0 spiro atoms. The Morgan fingerprint density at radius 3 is 2.57 bits per heavy atom. The van der Waals surface area contributed by atoms with E-state index in [-0.39, 0.29) is 0 Å². The van der Waals surface area contributed by atoms with E-state index in [0.29, 0.717) is 22.1 Å². The Balaban J connectivity index is 2.23. The van der Waals surface area contributed by atoms with Crippen LogP contribution in [0.3, 0.4) is 0 Å². The van der Waals surface area contributed by atoms with Crippen molar-refractivity contribution in [2.24, 2.45) is 0 Å². The number of benzene rings is 1. The first-order chi connectivity index (χ1) is 11.0. The number of amides is 1. The Morgan fingerprint density at radius 1 is 1.22 bits per heavy atom. The van der Waals surface area contributed by atoms with E-state index >= 15 is 0 Å². The number of aliphatic hydroxyl groups is 1. The van der Waals surface area contributed by atoms with Crippen LogP contribution >= 0.6 is 11.6 Å². The van der Waals surface area contributed by atoms with Gasteiger partial charge >= 0.3 is 0 Å². The van der Waals surface area contributed by atoms with E-state index in [1.165, 1.54) is 4.90 Å². The van der Waals surface area contributed by atoms with Gasteiger partial charge in [-0.2, -0.15) is 0 Å². The molecule has 1 N–H and O–H groups in total. The van der Waals surface area contributed by atoms with E-state index in [2.05, 4.69) is 4.98 Å². The zero-order chi connectivity index (χ0) is 16.6. The number of carbonyl (C=O) groups is 1. The van der Waals surface area contributed by atoms with Gasteiger partial charge in [0.25, 0.3) is 5.91 Å². The maximum atomic E-state index is 12.2. The molecular weight excluding hydrogens is 314 g/mol. The number of nitrogens with zero attached hydrogens (tertiary/aromatic N) is 3. The summed E-state index contributed by atoms with van der Waals surface area (Å²) in [4.78, 5) is 18.2. The summed E-state index contributed by atoms with van der Waals surface area (Å²) in [6.07, 6.45) is 0.483. The summed E-state index contributed by atoms with van der Waals surface area (Å²) in [5, 5.41) is 11.2. The van der Waals surface area contributed by atoms with Gasteiger partial charge in [-0.25, -0.2) is 4.98 Å². The molecule has 2 aromatic heterocycles. The van der Waals surface area contributed by atoms with Crippen molar-refractivity contribution in [1.82, 2.24) is 14.3 Å². The molecule has 0 radical (unpaired) electrons. The number of aliphatic hydroxyl groups excluding tert-OH is 1. The standard InChI is InChI=1S/C17H16ClN3O2/c1-20(2)17(23)16(22)15-14(11-6-8-12(18)9-7-11)19-13-5-3-4-10-21(13)15/h3-10,16,22H,1-2H3. The van der Waals surface area contributed by atoms with Crippen molar-refractivity contribution in [3.8, 4) is 11.3 Å². The fourth-order valence-electron chi connectivity index (χ4n) is 2.46. The normalized spacial score (nSPS) is 12.3. The van der Waals surface area contributed by atoms with Crippen LogP contribution in [-0.2, 0) is 4.79 Å². The second-order valence-electron chi connectivity index (χ2n) is 5.42. The molecular formula is C17H16ClN3O2. The highest BCUT2D eigenvalue weighted by atomic mass is 35.5. The average Bonchev–Trinajstić information content (AvgIpc) is 2.93. The number of halogens is 1. The largest absolute Gasteiger partial charge is 0.377 e. The highest BCUT2D eigenvalue weighted by Gasteiger charge is 2.27. The van der Waals surface area contributed by atoms with Gasteiger partial charge in [0.2, 0.25) is 0 Å². The second-order valence-corrected chi connectivity index (χ2v) is 5.85. The molecule has 118 valence electrons. The first kappa shape index (κ1) is 15.5. The molecule has 1 atom stereocenters. The highest BCUT2D eigenvalue weighted by molar-refractivity contribution is 6.30. The van der Waals surface area contributed by atoms with Crippen LogP contribution in [-0.4, -0.2) is 39.4 Å². The van der Waals surface area contributed by atoms with E-state index in [1.54, 1.807) is 36.8 Å². The molecule has 0 fully saturated rings. The van der Waals surface area contributed by atoms with E-state index in [9.17, 15) is 9.90 Å². The van der Waals surface area contributed by atoms with Crippen molar-refractivity contribution >= 4 is 23.2 Å². The monoisotopic (exact) mass is 329 g/mol. The van der Waals surface area contributed by atoms with Crippen molar-refractivity contribution < 1.29 is 9.90 Å². The van der Waals surface area contributed by atoms with Crippen molar-refractivity contribution in [2.75, 3.05) is 14.1 Å². The van der Waals surface area contributed by atoms with Crippen molar-refractivity contribution in [3.05, 3.63) is 59.4 Å². The molecule has 23 heavy (non-hydrogen) atoms. The smallest absolute Gasteiger partial charge is 0.257 e. The first-order valence-electron chi connectivity index (χ1n) is 7.11. The minimum Gasteiger partial charge on any atom is -0.377 e. The Bertz CT molecular complexity index is 856. The van der Waals surface area contributed by atoms with E-state index in [0.717, 1.165) is 5.56 Å². The molecule has 1 amide bonds. The van der Waals surface area contributed by atoms with Crippen LogP contribution in [0.4, 0.5) is 0 Å². The number of fused-ring (bicyclic) bond motifs is 1. The van der Waals surface area contributed by atoms with Gasteiger partial charge in [0, 0.05) is 30.9 Å². The Hall–Kier alpha value is -2.37. The fraction of sp³-hybridized carbons (Fsp3) is 0.176. The SMILES string of the molecule is CN(C)C(=O)C(O)c1c(-c2ccc(Cl)cc2)nc2ccccn12. The van der Waals surface area contributed by atoms with Crippen LogP contribution < -0.4 is 0 Å². The molecule has 0 bridgehead atoms. The van der Waals surface area contributed by atoms with Gasteiger partial charge in [0.15, 0.2) is 6.10 Å². The summed E-state index contributed by atoms with van der Waals surface area (Å²) >= 11 is 5.94. The van der Waals surface area contributed by atoms with Gasteiger partial charge in [0.1, 0.15) is 5.65 Å². The van der Waals surface area contributed by atoms with Crippen LogP contribution in [0.5, 0.6) is 0 Å². The minimum atomic E-state index is -1.30. The van der Waals surface area contributed by atoms with E-state index in [1.807, 2.05) is 30.3 Å². The lowest BCUT2D eigenvalue weighted by Crippen LogP contribution is -2.29. The van der Waals surface area contributed by atoms with Gasteiger partial charge in [-0.15, -0.1) is 0 Å².